The van der Waals surface area contributed by atoms with Gasteiger partial charge in [0.15, 0.2) is 0 Å². The summed E-state index contributed by atoms with van der Waals surface area (Å²) in [5, 5.41) is 3.17. The van der Waals surface area contributed by atoms with Gasteiger partial charge in [0.1, 0.15) is 0 Å². The molecule has 1 aliphatic heterocycles. The van der Waals surface area contributed by atoms with Crippen LogP contribution in [0.4, 0.5) is 0 Å². The van der Waals surface area contributed by atoms with Crippen LogP contribution in [0.3, 0.4) is 0 Å². The SMILES string of the molecule is Cc1cccnc1C(NC(=O)C1CCN(S(=O)(=O)Cc2ccccc2)CC1)C(C)C. The van der Waals surface area contributed by atoms with Crippen molar-refractivity contribution in [2.75, 3.05) is 13.1 Å². The second-order valence-electron chi connectivity index (χ2n) is 8.35. The van der Waals surface area contributed by atoms with E-state index in [9.17, 15) is 13.2 Å². The number of hydrogen-bond donors (Lipinski definition) is 1. The molecule has 1 unspecified atom stereocenters. The van der Waals surface area contributed by atoms with Gasteiger partial charge in [0.05, 0.1) is 17.5 Å². The van der Waals surface area contributed by atoms with Gasteiger partial charge in [0.2, 0.25) is 15.9 Å². The van der Waals surface area contributed by atoms with E-state index >= 15 is 0 Å². The van der Waals surface area contributed by atoms with Gasteiger partial charge in [-0.2, -0.15) is 0 Å². The van der Waals surface area contributed by atoms with Gasteiger partial charge in [-0.3, -0.25) is 9.78 Å². The highest BCUT2D eigenvalue weighted by atomic mass is 32.2. The molecular formula is C23H31N3O3S. The van der Waals surface area contributed by atoms with Crippen molar-refractivity contribution in [1.29, 1.82) is 0 Å². The first kappa shape index (κ1) is 22.4. The maximum absolute atomic E-state index is 12.9. The van der Waals surface area contributed by atoms with E-state index in [1.807, 2.05) is 49.4 Å². The molecule has 1 fully saturated rings. The van der Waals surface area contributed by atoms with Gasteiger partial charge >= 0.3 is 0 Å². The number of sulfonamides is 1. The number of carbonyl (C=O) groups excluding carboxylic acids is 1. The van der Waals surface area contributed by atoms with Crippen LogP contribution in [0, 0.1) is 18.8 Å². The maximum atomic E-state index is 12.9. The topological polar surface area (TPSA) is 79.4 Å². The molecule has 0 radical (unpaired) electrons. The Kier molecular flexibility index (Phi) is 7.26. The number of aryl methyl sites for hydroxylation is 1. The highest BCUT2D eigenvalue weighted by Gasteiger charge is 2.32. The monoisotopic (exact) mass is 429 g/mol. The number of pyridine rings is 1. The molecule has 162 valence electrons. The highest BCUT2D eigenvalue weighted by Crippen LogP contribution is 2.26. The van der Waals surface area contributed by atoms with E-state index in [2.05, 4.69) is 24.1 Å². The molecule has 1 atom stereocenters. The molecule has 1 aromatic heterocycles. The van der Waals surface area contributed by atoms with Crippen molar-refractivity contribution in [3.8, 4) is 0 Å². The zero-order valence-electron chi connectivity index (χ0n) is 17.9. The zero-order chi connectivity index (χ0) is 21.7. The van der Waals surface area contributed by atoms with E-state index < -0.39 is 10.0 Å². The number of amides is 1. The molecule has 2 heterocycles. The number of aromatic nitrogens is 1. The number of piperidine rings is 1. The predicted octanol–water partition coefficient (Wildman–Crippen LogP) is 3.45. The third-order valence-electron chi connectivity index (χ3n) is 5.72. The van der Waals surface area contributed by atoms with Gasteiger partial charge < -0.3 is 5.32 Å². The fourth-order valence-electron chi connectivity index (χ4n) is 3.92. The lowest BCUT2D eigenvalue weighted by atomic mass is 9.93. The largest absolute Gasteiger partial charge is 0.347 e. The standard InChI is InChI=1S/C23H31N3O3S/c1-17(2)21(22-18(3)8-7-13-24-22)25-23(27)20-11-14-26(15-12-20)30(28,29)16-19-9-5-4-6-10-19/h4-10,13,17,20-21H,11-12,14-16H2,1-3H3,(H,25,27). The van der Waals surface area contributed by atoms with Crippen LogP contribution in [0.5, 0.6) is 0 Å². The minimum Gasteiger partial charge on any atom is -0.347 e. The van der Waals surface area contributed by atoms with Crippen LogP contribution in [-0.4, -0.2) is 36.7 Å². The molecule has 1 N–H and O–H groups in total. The molecule has 3 rings (SSSR count). The summed E-state index contributed by atoms with van der Waals surface area (Å²) in [5.41, 5.74) is 2.73. The molecule has 7 heteroatoms. The molecule has 1 aliphatic rings. The van der Waals surface area contributed by atoms with Crippen LogP contribution in [0.25, 0.3) is 0 Å². The van der Waals surface area contributed by atoms with Crippen molar-refractivity contribution in [2.45, 2.75) is 45.4 Å². The van der Waals surface area contributed by atoms with Crippen LogP contribution in [0.2, 0.25) is 0 Å². The van der Waals surface area contributed by atoms with Crippen molar-refractivity contribution >= 4 is 15.9 Å². The summed E-state index contributed by atoms with van der Waals surface area (Å²) in [6.45, 7) is 6.89. The summed E-state index contributed by atoms with van der Waals surface area (Å²) in [7, 11) is -3.38. The second-order valence-corrected chi connectivity index (χ2v) is 10.3. The molecule has 0 bridgehead atoms. The van der Waals surface area contributed by atoms with Crippen molar-refractivity contribution in [2.24, 2.45) is 11.8 Å². The summed E-state index contributed by atoms with van der Waals surface area (Å²) in [4.78, 5) is 17.4. The normalized spacial score (nSPS) is 17.1. The van der Waals surface area contributed by atoms with Crippen molar-refractivity contribution in [3.05, 3.63) is 65.5 Å². The van der Waals surface area contributed by atoms with E-state index in [4.69, 9.17) is 0 Å². The van der Waals surface area contributed by atoms with Crippen LogP contribution < -0.4 is 5.32 Å². The molecule has 30 heavy (non-hydrogen) atoms. The smallest absolute Gasteiger partial charge is 0.223 e. The molecule has 1 saturated heterocycles. The van der Waals surface area contributed by atoms with E-state index in [0.29, 0.717) is 25.9 Å². The van der Waals surface area contributed by atoms with E-state index in [-0.39, 0.29) is 29.5 Å². The Hall–Kier alpha value is -2.25. The average molecular weight is 430 g/mol. The lowest BCUT2D eigenvalue weighted by Gasteiger charge is -2.32. The van der Waals surface area contributed by atoms with Gasteiger partial charge in [0, 0.05) is 25.2 Å². The number of carbonyl (C=O) groups is 1. The number of nitrogens with zero attached hydrogens (tertiary/aromatic N) is 2. The Bertz CT molecular complexity index is 953. The van der Waals surface area contributed by atoms with Gasteiger partial charge in [-0.25, -0.2) is 12.7 Å². The summed E-state index contributed by atoms with van der Waals surface area (Å²) in [6, 6.07) is 12.9. The first-order valence-electron chi connectivity index (χ1n) is 10.5. The van der Waals surface area contributed by atoms with Gasteiger partial charge in [-0.05, 0) is 42.9 Å². The summed E-state index contributed by atoms with van der Waals surface area (Å²) in [6.07, 6.45) is 2.82. The number of hydrogen-bond acceptors (Lipinski definition) is 4. The number of nitrogens with one attached hydrogen (secondary N) is 1. The third-order valence-corrected chi connectivity index (χ3v) is 7.57. The lowest BCUT2D eigenvalue weighted by molar-refractivity contribution is -0.127. The Balaban J connectivity index is 1.60. The van der Waals surface area contributed by atoms with Gasteiger partial charge in [-0.15, -0.1) is 0 Å². The van der Waals surface area contributed by atoms with E-state index in [1.54, 1.807) is 6.20 Å². The predicted molar refractivity (Wildman–Crippen MR) is 118 cm³/mol. The second kappa shape index (κ2) is 9.71. The van der Waals surface area contributed by atoms with Crippen molar-refractivity contribution in [1.82, 2.24) is 14.6 Å². The molecular weight excluding hydrogens is 398 g/mol. The summed E-state index contributed by atoms with van der Waals surface area (Å²) in [5.74, 6) is 0.00482. The zero-order valence-corrected chi connectivity index (χ0v) is 18.7. The van der Waals surface area contributed by atoms with Crippen LogP contribution >= 0.6 is 0 Å². The third kappa shape index (κ3) is 5.46. The molecule has 1 amide bonds. The Morgan fingerprint density at radius 1 is 1.13 bits per heavy atom. The molecule has 6 nitrogen and oxygen atoms in total. The summed E-state index contributed by atoms with van der Waals surface area (Å²) < 4.78 is 27.0. The Morgan fingerprint density at radius 2 is 1.80 bits per heavy atom. The van der Waals surface area contributed by atoms with E-state index in [0.717, 1.165) is 16.8 Å². The first-order valence-corrected chi connectivity index (χ1v) is 12.1. The van der Waals surface area contributed by atoms with E-state index in [1.165, 1.54) is 4.31 Å². The van der Waals surface area contributed by atoms with Crippen molar-refractivity contribution < 1.29 is 13.2 Å². The Morgan fingerprint density at radius 3 is 2.40 bits per heavy atom. The quantitative estimate of drug-likeness (QED) is 0.731. The summed E-state index contributed by atoms with van der Waals surface area (Å²) >= 11 is 0. The minimum atomic E-state index is -3.38. The first-order chi connectivity index (χ1) is 14.3. The molecule has 0 saturated carbocycles. The number of benzene rings is 1. The average Bonchev–Trinajstić information content (AvgIpc) is 2.73. The van der Waals surface area contributed by atoms with Crippen LogP contribution in [-0.2, 0) is 20.6 Å². The molecule has 0 spiro atoms. The fraction of sp³-hybridized carbons (Fsp3) is 0.478. The Labute approximate surface area is 179 Å². The molecule has 0 aliphatic carbocycles. The number of rotatable bonds is 7. The molecule has 2 aromatic rings. The maximum Gasteiger partial charge on any atom is 0.223 e. The fourth-order valence-corrected chi connectivity index (χ4v) is 5.48. The van der Waals surface area contributed by atoms with Gasteiger partial charge in [0.25, 0.3) is 0 Å². The van der Waals surface area contributed by atoms with Gasteiger partial charge in [-0.1, -0.05) is 50.2 Å². The minimum absolute atomic E-state index is 0.000913. The lowest BCUT2D eigenvalue weighted by Crippen LogP contribution is -2.44. The van der Waals surface area contributed by atoms with Crippen molar-refractivity contribution in [3.63, 3.8) is 0 Å². The van der Waals surface area contributed by atoms with Crippen LogP contribution in [0.15, 0.2) is 48.7 Å². The highest BCUT2D eigenvalue weighted by molar-refractivity contribution is 7.88. The molecule has 1 aromatic carbocycles. The van der Waals surface area contributed by atoms with Crippen LogP contribution in [0.1, 0.15) is 49.6 Å².